The van der Waals surface area contributed by atoms with Crippen LogP contribution in [0, 0.1) is 0 Å². The molecule has 1 fully saturated rings. The Bertz CT molecular complexity index is 385. The van der Waals surface area contributed by atoms with Crippen molar-refractivity contribution in [2.75, 3.05) is 11.1 Å². The number of aromatic amines is 1. The largest absolute Gasteiger partial charge is 0.384 e. The number of rotatable bonds is 2. The van der Waals surface area contributed by atoms with Crippen LogP contribution >= 0.6 is 11.6 Å². The van der Waals surface area contributed by atoms with Gasteiger partial charge in [-0.1, -0.05) is 11.6 Å². The Labute approximate surface area is 79.3 Å². The van der Waals surface area contributed by atoms with Gasteiger partial charge >= 0.3 is 5.69 Å². The van der Waals surface area contributed by atoms with E-state index in [0.29, 0.717) is 11.9 Å². The topological polar surface area (TPSA) is 83.8 Å². The zero-order valence-electron chi connectivity index (χ0n) is 6.80. The van der Waals surface area contributed by atoms with E-state index < -0.39 is 5.69 Å². The van der Waals surface area contributed by atoms with Crippen molar-refractivity contribution in [2.24, 2.45) is 0 Å². The van der Waals surface area contributed by atoms with Crippen molar-refractivity contribution in [3.05, 3.63) is 15.5 Å². The molecule has 1 aromatic heterocycles. The summed E-state index contributed by atoms with van der Waals surface area (Å²) in [4.78, 5) is 16.9. The summed E-state index contributed by atoms with van der Waals surface area (Å²) in [5, 5.41) is 3.31. The maximum atomic E-state index is 10.9. The van der Waals surface area contributed by atoms with Crippen LogP contribution in [0.3, 0.4) is 0 Å². The summed E-state index contributed by atoms with van der Waals surface area (Å²) < 4.78 is 0. The molecule has 13 heavy (non-hydrogen) atoms. The summed E-state index contributed by atoms with van der Waals surface area (Å²) in [7, 11) is 0. The van der Waals surface area contributed by atoms with Gasteiger partial charge in [0.05, 0.1) is 0 Å². The molecule has 0 saturated heterocycles. The highest BCUT2D eigenvalue weighted by Gasteiger charge is 2.23. The summed E-state index contributed by atoms with van der Waals surface area (Å²) in [6.45, 7) is 0. The van der Waals surface area contributed by atoms with Crippen LogP contribution in [0.25, 0.3) is 0 Å². The van der Waals surface area contributed by atoms with E-state index in [1.807, 2.05) is 0 Å². The fourth-order valence-electron chi connectivity index (χ4n) is 0.993. The monoisotopic (exact) mass is 200 g/mol. The van der Waals surface area contributed by atoms with Crippen LogP contribution in [0.15, 0.2) is 4.79 Å². The smallest absolute Gasteiger partial charge is 0.348 e. The van der Waals surface area contributed by atoms with Gasteiger partial charge in [0, 0.05) is 6.04 Å². The number of aromatic nitrogens is 2. The van der Waals surface area contributed by atoms with Crippen LogP contribution in [0.4, 0.5) is 11.6 Å². The highest BCUT2D eigenvalue weighted by atomic mass is 35.5. The molecule has 0 aromatic carbocycles. The molecule has 1 aromatic rings. The molecule has 6 heteroatoms. The molecule has 0 atom stereocenters. The molecule has 1 aliphatic carbocycles. The van der Waals surface area contributed by atoms with E-state index in [2.05, 4.69) is 15.3 Å². The van der Waals surface area contributed by atoms with Gasteiger partial charge in [-0.25, -0.2) is 4.79 Å². The van der Waals surface area contributed by atoms with Gasteiger partial charge in [-0.3, -0.25) is 4.98 Å². The molecule has 1 heterocycles. The molecule has 1 aliphatic rings. The summed E-state index contributed by atoms with van der Waals surface area (Å²) in [5.74, 6) is 0.537. The Balaban J connectivity index is 2.36. The van der Waals surface area contributed by atoms with Crippen LogP contribution in [0.2, 0.25) is 5.02 Å². The summed E-state index contributed by atoms with van der Waals surface area (Å²) >= 11 is 5.82. The van der Waals surface area contributed by atoms with Crippen molar-refractivity contribution < 1.29 is 0 Å². The molecule has 0 unspecified atom stereocenters. The van der Waals surface area contributed by atoms with Gasteiger partial charge in [0.25, 0.3) is 0 Å². The third-order valence-corrected chi connectivity index (χ3v) is 2.20. The number of nitrogens with one attached hydrogen (secondary N) is 2. The average Bonchev–Trinajstić information content (AvgIpc) is 2.83. The van der Waals surface area contributed by atoms with Gasteiger partial charge in [0.15, 0.2) is 5.82 Å². The number of anilines is 2. The van der Waals surface area contributed by atoms with Crippen LogP contribution in [0.5, 0.6) is 0 Å². The van der Waals surface area contributed by atoms with Crippen molar-refractivity contribution in [2.45, 2.75) is 18.9 Å². The van der Waals surface area contributed by atoms with E-state index in [0.717, 1.165) is 12.8 Å². The van der Waals surface area contributed by atoms with E-state index in [4.69, 9.17) is 17.3 Å². The van der Waals surface area contributed by atoms with Crippen LogP contribution < -0.4 is 16.7 Å². The van der Waals surface area contributed by atoms with E-state index in [1.165, 1.54) is 0 Å². The van der Waals surface area contributed by atoms with Crippen molar-refractivity contribution in [1.82, 2.24) is 9.97 Å². The number of nitrogens with two attached hydrogens (primary N) is 1. The summed E-state index contributed by atoms with van der Waals surface area (Å²) in [6.07, 6.45) is 2.18. The molecule has 5 nitrogen and oxygen atoms in total. The third kappa shape index (κ3) is 1.75. The molecule has 0 radical (unpaired) electrons. The zero-order valence-corrected chi connectivity index (χ0v) is 7.56. The minimum Gasteiger partial charge on any atom is -0.384 e. The Morgan fingerprint density at radius 2 is 2.31 bits per heavy atom. The van der Waals surface area contributed by atoms with Crippen LogP contribution in [-0.2, 0) is 0 Å². The number of hydrogen-bond acceptors (Lipinski definition) is 4. The molecule has 4 N–H and O–H groups in total. The first-order valence-corrected chi connectivity index (χ1v) is 4.36. The molecule has 0 aliphatic heterocycles. The Kier molecular flexibility index (Phi) is 1.88. The van der Waals surface area contributed by atoms with Gasteiger partial charge in [-0.15, -0.1) is 0 Å². The number of halogens is 1. The molecular formula is C7H9ClN4O. The Morgan fingerprint density at radius 3 is 2.92 bits per heavy atom. The fourth-order valence-corrected chi connectivity index (χ4v) is 1.14. The standard InChI is InChI=1S/C7H9ClN4O/c8-4-5(9)11-7(13)12-6(4)10-3-1-2-3/h3H,1-2H2,(H4,9,10,11,12,13). The number of nitrogens with zero attached hydrogens (tertiary/aromatic N) is 1. The van der Waals surface area contributed by atoms with Gasteiger partial charge in [0.2, 0.25) is 0 Å². The van der Waals surface area contributed by atoms with Crippen molar-refractivity contribution in [3.63, 3.8) is 0 Å². The highest BCUT2D eigenvalue weighted by Crippen LogP contribution is 2.28. The van der Waals surface area contributed by atoms with E-state index >= 15 is 0 Å². The van der Waals surface area contributed by atoms with E-state index in [-0.39, 0.29) is 10.8 Å². The molecule has 2 rings (SSSR count). The molecule has 70 valence electrons. The first-order valence-electron chi connectivity index (χ1n) is 3.98. The van der Waals surface area contributed by atoms with Gasteiger partial charge in [-0.2, -0.15) is 4.98 Å². The third-order valence-electron chi connectivity index (χ3n) is 1.82. The minimum absolute atomic E-state index is 0.157. The summed E-state index contributed by atoms with van der Waals surface area (Å²) in [5.41, 5.74) is 4.97. The highest BCUT2D eigenvalue weighted by molar-refractivity contribution is 6.35. The molecule has 0 bridgehead atoms. The lowest BCUT2D eigenvalue weighted by Gasteiger charge is -2.05. The van der Waals surface area contributed by atoms with Crippen molar-refractivity contribution in [3.8, 4) is 0 Å². The second-order valence-electron chi connectivity index (χ2n) is 3.04. The van der Waals surface area contributed by atoms with E-state index in [9.17, 15) is 4.79 Å². The second-order valence-corrected chi connectivity index (χ2v) is 3.41. The Hall–Kier alpha value is -1.23. The normalized spacial score (nSPS) is 15.8. The minimum atomic E-state index is -0.481. The van der Waals surface area contributed by atoms with Gasteiger partial charge in [-0.05, 0) is 12.8 Å². The van der Waals surface area contributed by atoms with Crippen molar-refractivity contribution >= 4 is 23.2 Å². The maximum absolute atomic E-state index is 10.9. The molecule has 1 saturated carbocycles. The lowest BCUT2D eigenvalue weighted by Crippen LogP contribution is -2.17. The lowest BCUT2D eigenvalue weighted by atomic mass is 10.5. The first kappa shape index (κ1) is 8.37. The second kappa shape index (κ2) is 2.92. The quantitative estimate of drug-likeness (QED) is 0.652. The SMILES string of the molecule is Nc1[nH]c(=O)nc(NC2CC2)c1Cl. The predicted molar refractivity (Wildman–Crippen MR) is 50.9 cm³/mol. The maximum Gasteiger partial charge on any atom is 0.348 e. The van der Waals surface area contributed by atoms with Crippen molar-refractivity contribution in [1.29, 1.82) is 0 Å². The zero-order chi connectivity index (χ0) is 9.42. The number of nitrogen functional groups attached to an aromatic ring is 1. The fraction of sp³-hybridized carbons (Fsp3) is 0.429. The van der Waals surface area contributed by atoms with Gasteiger partial charge in [0.1, 0.15) is 10.8 Å². The first-order chi connectivity index (χ1) is 6.16. The van der Waals surface area contributed by atoms with Gasteiger partial charge < -0.3 is 11.1 Å². The predicted octanol–water partition coefficient (Wildman–Crippen LogP) is 0.580. The summed E-state index contributed by atoms with van der Waals surface area (Å²) in [6, 6.07) is 0.395. The molecule has 0 amide bonds. The molecule has 0 spiro atoms. The van der Waals surface area contributed by atoms with E-state index in [1.54, 1.807) is 0 Å². The lowest BCUT2D eigenvalue weighted by molar-refractivity contribution is 1.04. The Morgan fingerprint density at radius 1 is 1.62 bits per heavy atom. The van der Waals surface area contributed by atoms with Crippen LogP contribution in [0.1, 0.15) is 12.8 Å². The number of hydrogen-bond donors (Lipinski definition) is 3. The number of H-pyrrole nitrogens is 1. The molecular weight excluding hydrogens is 192 g/mol. The average molecular weight is 201 g/mol. The van der Waals surface area contributed by atoms with Crippen LogP contribution in [-0.4, -0.2) is 16.0 Å².